The second-order valence-electron chi connectivity index (χ2n) is 8.02. The Hall–Kier alpha value is -4.37. The van der Waals surface area contributed by atoms with Gasteiger partial charge in [-0.25, -0.2) is 19.1 Å². The standard InChI is InChI=1S/C27H24ClN3O6/c1-3-35-27(34)29-20-9-10-22-19(13-25(33)37-23(22)14-20)16-36-24(32)12-11-21-17(2)30-31(26(21)28)15-18-7-5-4-6-8-18/h4-14H,3,15-16H2,1-2H3,(H,29,34)/b12-11+. The molecule has 1 amide bonds. The molecule has 0 aliphatic heterocycles. The fraction of sp³-hybridized carbons (Fsp3) is 0.185. The zero-order valence-corrected chi connectivity index (χ0v) is 20.9. The van der Waals surface area contributed by atoms with E-state index < -0.39 is 17.7 Å². The van der Waals surface area contributed by atoms with E-state index in [1.165, 1.54) is 18.2 Å². The SMILES string of the molecule is CCOC(=O)Nc1ccc2c(COC(=O)/C=C/c3c(C)nn(Cc4ccccc4)c3Cl)cc(=O)oc2c1. The number of benzene rings is 2. The van der Waals surface area contributed by atoms with Gasteiger partial charge in [0, 0.05) is 40.4 Å². The van der Waals surface area contributed by atoms with Crippen LogP contribution >= 0.6 is 11.6 Å². The highest BCUT2D eigenvalue weighted by Crippen LogP contribution is 2.24. The van der Waals surface area contributed by atoms with Gasteiger partial charge >= 0.3 is 17.7 Å². The first kappa shape index (κ1) is 25.7. The maximum absolute atomic E-state index is 12.4. The fourth-order valence-corrected chi connectivity index (χ4v) is 3.98. The third kappa shape index (κ3) is 6.45. The van der Waals surface area contributed by atoms with Gasteiger partial charge in [0.15, 0.2) is 0 Å². The second kappa shape index (κ2) is 11.6. The van der Waals surface area contributed by atoms with Crippen molar-refractivity contribution in [1.29, 1.82) is 0 Å². The van der Waals surface area contributed by atoms with Crippen molar-refractivity contribution >= 4 is 46.4 Å². The van der Waals surface area contributed by atoms with E-state index in [0.29, 0.717) is 39.6 Å². The first-order valence-corrected chi connectivity index (χ1v) is 11.8. The number of amides is 1. The van der Waals surface area contributed by atoms with Crippen molar-refractivity contribution in [3.05, 3.63) is 98.6 Å². The van der Waals surface area contributed by atoms with E-state index in [0.717, 1.165) is 5.56 Å². The average Bonchev–Trinajstić information content (AvgIpc) is 3.13. The van der Waals surface area contributed by atoms with E-state index in [-0.39, 0.29) is 18.8 Å². The number of hydrogen-bond acceptors (Lipinski definition) is 7. The monoisotopic (exact) mass is 521 g/mol. The number of hydrogen-bond donors (Lipinski definition) is 1. The second-order valence-corrected chi connectivity index (χ2v) is 8.38. The summed E-state index contributed by atoms with van der Waals surface area (Å²) in [5.41, 5.74) is 2.80. The van der Waals surface area contributed by atoms with Crippen LogP contribution in [0, 0.1) is 6.92 Å². The smallest absolute Gasteiger partial charge is 0.411 e. The molecule has 0 aliphatic carbocycles. The zero-order chi connectivity index (χ0) is 26.4. The number of ether oxygens (including phenoxy) is 2. The maximum Gasteiger partial charge on any atom is 0.411 e. The van der Waals surface area contributed by atoms with Gasteiger partial charge in [-0.15, -0.1) is 0 Å². The topological polar surface area (TPSA) is 113 Å². The highest BCUT2D eigenvalue weighted by molar-refractivity contribution is 6.31. The molecule has 0 saturated heterocycles. The lowest BCUT2D eigenvalue weighted by Gasteiger charge is -2.08. The minimum Gasteiger partial charge on any atom is -0.458 e. The van der Waals surface area contributed by atoms with Crippen LogP contribution in [0.15, 0.2) is 69.9 Å². The number of halogens is 1. The molecule has 190 valence electrons. The molecule has 4 aromatic rings. The van der Waals surface area contributed by atoms with Crippen LogP contribution in [-0.2, 0) is 27.4 Å². The molecule has 2 aromatic heterocycles. The maximum atomic E-state index is 12.4. The molecular formula is C27H24ClN3O6. The number of aromatic nitrogens is 2. The Morgan fingerprint density at radius 2 is 1.92 bits per heavy atom. The minimum absolute atomic E-state index is 0.157. The van der Waals surface area contributed by atoms with Gasteiger partial charge in [-0.3, -0.25) is 5.32 Å². The normalized spacial score (nSPS) is 11.1. The Kier molecular flexibility index (Phi) is 8.05. The van der Waals surface area contributed by atoms with Crippen molar-refractivity contribution in [2.24, 2.45) is 0 Å². The van der Waals surface area contributed by atoms with Crippen LogP contribution in [0.5, 0.6) is 0 Å². The average molecular weight is 522 g/mol. The molecule has 0 unspecified atom stereocenters. The summed E-state index contributed by atoms with van der Waals surface area (Å²) < 4.78 is 17.1. The first-order valence-electron chi connectivity index (χ1n) is 11.5. The number of esters is 1. The summed E-state index contributed by atoms with van der Waals surface area (Å²) in [6, 6.07) is 15.8. The molecule has 0 spiro atoms. The number of carbonyl (C=O) groups excluding carboxylic acids is 2. The highest BCUT2D eigenvalue weighted by atomic mass is 35.5. The summed E-state index contributed by atoms with van der Waals surface area (Å²) in [5.74, 6) is -0.617. The number of nitrogens with zero attached hydrogens (tertiary/aromatic N) is 2. The molecule has 0 fully saturated rings. The van der Waals surface area contributed by atoms with Crippen LogP contribution in [0.1, 0.15) is 29.3 Å². The quantitative estimate of drug-likeness (QED) is 0.189. The molecule has 0 saturated carbocycles. The number of nitrogens with one attached hydrogen (secondary N) is 1. The third-order valence-corrected chi connectivity index (χ3v) is 5.79. The lowest BCUT2D eigenvalue weighted by molar-refractivity contribution is -0.138. The van der Waals surface area contributed by atoms with Gasteiger partial charge in [-0.1, -0.05) is 41.9 Å². The Balaban J connectivity index is 1.44. The number of aryl methyl sites for hydroxylation is 1. The van der Waals surface area contributed by atoms with Crippen LogP contribution < -0.4 is 10.9 Å². The molecule has 9 nitrogen and oxygen atoms in total. The van der Waals surface area contributed by atoms with Crippen LogP contribution in [-0.4, -0.2) is 28.4 Å². The summed E-state index contributed by atoms with van der Waals surface area (Å²) in [6.45, 7) is 4.06. The van der Waals surface area contributed by atoms with Gasteiger partial charge in [0.25, 0.3) is 0 Å². The molecule has 4 rings (SSSR count). The predicted octanol–water partition coefficient (Wildman–Crippen LogP) is 5.32. The molecule has 10 heteroatoms. The van der Waals surface area contributed by atoms with Gasteiger partial charge in [0.2, 0.25) is 0 Å². The molecule has 1 N–H and O–H groups in total. The summed E-state index contributed by atoms with van der Waals surface area (Å²) in [7, 11) is 0. The molecule has 2 aromatic carbocycles. The molecule has 37 heavy (non-hydrogen) atoms. The fourth-order valence-electron chi connectivity index (χ4n) is 3.68. The summed E-state index contributed by atoms with van der Waals surface area (Å²) in [4.78, 5) is 36.1. The molecule has 0 bridgehead atoms. The van der Waals surface area contributed by atoms with Gasteiger partial charge in [0.1, 0.15) is 17.3 Å². The lowest BCUT2D eigenvalue weighted by Crippen LogP contribution is -2.13. The van der Waals surface area contributed by atoms with E-state index in [1.807, 2.05) is 30.3 Å². The number of fused-ring (bicyclic) bond motifs is 1. The number of rotatable bonds is 8. The summed E-state index contributed by atoms with van der Waals surface area (Å²) in [5, 5.41) is 7.97. The van der Waals surface area contributed by atoms with Crippen molar-refractivity contribution in [1.82, 2.24) is 9.78 Å². The van der Waals surface area contributed by atoms with Gasteiger partial charge in [-0.2, -0.15) is 5.10 Å². The van der Waals surface area contributed by atoms with Crippen molar-refractivity contribution in [3.63, 3.8) is 0 Å². The lowest BCUT2D eigenvalue weighted by atomic mass is 10.1. The summed E-state index contributed by atoms with van der Waals surface area (Å²) in [6.07, 6.45) is 2.19. The predicted molar refractivity (Wildman–Crippen MR) is 139 cm³/mol. The van der Waals surface area contributed by atoms with Crippen LogP contribution in [0.2, 0.25) is 5.15 Å². The van der Waals surface area contributed by atoms with Gasteiger partial charge < -0.3 is 13.9 Å². The highest BCUT2D eigenvalue weighted by Gasteiger charge is 2.13. The Morgan fingerprint density at radius 1 is 1.14 bits per heavy atom. The van der Waals surface area contributed by atoms with E-state index in [4.69, 9.17) is 25.5 Å². The summed E-state index contributed by atoms with van der Waals surface area (Å²) >= 11 is 6.50. The van der Waals surface area contributed by atoms with E-state index in [1.54, 1.807) is 36.7 Å². The van der Waals surface area contributed by atoms with Crippen LogP contribution in [0.3, 0.4) is 0 Å². The van der Waals surface area contributed by atoms with E-state index in [2.05, 4.69) is 10.4 Å². The Morgan fingerprint density at radius 3 is 2.68 bits per heavy atom. The molecule has 0 atom stereocenters. The minimum atomic E-state index is -0.623. The van der Waals surface area contributed by atoms with Crippen molar-refractivity contribution in [3.8, 4) is 0 Å². The van der Waals surface area contributed by atoms with Gasteiger partial charge in [0.05, 0.1) is 18.8 Å². The van der Waals surface area contributed by atoms with Crippen molar-refractivity contribution in [2.45, 2.75) is 27.0 Å². The molecular weight excluding hydrogens is 498 g/mol. The molecule has 0 radical (unpaired) electrons. The molecule has 0 aliphatic rings. The number of carbonyl (C=O) groups is 2. The molecule has 2 heterocycles. The Bertz CT molecular complexity index is 1520. The Labute approximate surface area is 217 Å². The van der Waals surface area contributed by atoms with Crippen molar-refractivity contribution in [2.75, 3.05) is 11.9 Å². The number of anilines is 1. The van der Waals surface area contributed by atoms with Gasteiger partial charge in [-0.05, 0) is 37.6 Å². The van der Waals surface area contributed by atoms with E-state index in [9.17, 15) is 14.4 Å². The van der Waals surface area contributed by atoms with E-state index >= 15 is 0 Å². The van der Waals surface area contributed by atoms with Crippen LogP contribution in [0.4, 0.5) is 10.5 Å². The largest absolute Gasteiger partial charge is 0.458 e. The zero-order valence-electron chi connectivity index (χ0n) is 20.2. The third-order valence-electron chi connectivity index (χ3n) is 5.39. The van der Waals surface area contributed by atoms with Crippen molar-refractivity contribution < 1.29 is 23.5 Å². The van der Waals surface area contributed by atoms with Crippen LogP contribution in [0.25, 0.3) is 17.0 Å². The first-order chi connectivity index (χ1) is 17.8.